The molecule has 2 aromatic rings. The highest BCUT2D eigenvalue weighted by atomic mass is 35.5. The van der Waals surface area contributed by atoms with E-state index in [4.69, 9.17) is 16.3 Å². The van der Waals surface area contributed by atoms with E-state index in [0.717, 1.165) is 36.3 Å². The number of carbonyl (C=O) groups is 2. The molecule has 0 bridgehead atoms. The molecule has 4 rings (SSSR count). The van der Waals surface area contributed by atoms with Crippen LogP contribution in [0.1, 0.15) is 48.0 Å². The number of rotatable bonds is 7. The normalized spacial score (nSPS) is 19.0. The Morgan fingerprint density at radius 2 is 1.74 bits per heavy atom. The second kappa shape index (κ2) is 10.8. The van der Waals surface area contributed by atoms with Gasteiger partial charge in [0.2, 0.25) is 0 Å². The lowest BCUT2D eigenvalue weighted by Crippen LogP contribution is -2.58. The topological polar surface area (TPSA) is 70.1 Å². The molecule has 2 fully saturated rings. The summed E-state index contributed by atoms with van der Waals surface area (Å²) >= 11 is 6.23. The Morgan fingerprint density at radius 1 is 1.11 bits per heavy atom. The number of carbonyl (C=O) groups excluding carboxylic acids is 2. The van der Waals surface area contributed by atoms with Crippen molar-refractivity contribution in [2.45, 2.75) is 43.9 Å². The van der Waals surface area contributed by atoms with Gasteiger partial charge in [0.25, 0.3) is 17.4 Å². The summed E-state index contributed by atoms with van der Waals surface area (Å²) in [6.07, 6.45) is -1.24. The second-order valence-electron chi connectivity index (χ2n) is 10.6. The van der Waals surface area contributed by atoms with Gasteiger partial charge in [-0.25, -0.2) is 0 Å². The van der Waals surface area contributed by atoms with Gasteiger partial charge in [-0.1, -0.05) is 41.9 Å². The van der Waals surface area contributed by atoms with E-state index < -0.39 is 23.2 Å². The van der Waals surface area contributed by atoms with Crippen LogP contribution in [0.3, 0.4) is 0 Å². The molecule has 1 unspecified atom stereocenters. The summed E-state index contributed by atoms with van der Waals surface area (Å²) in [5.74, 6) is -0.482. The summed E-state index contributed by atoms with van der Waals surface area (Å²) < 4.78 is 47.5. The highest BCUT2D eigenvalue weighted by Gasteiger charge is 2.62. The fourth-order valence-corrected chi connectivity index (χ4v) is 5.87. The van der Waals surface area contributed by atoms with Gasteiger partial charge in [0, 0.05) is 32.7 Å². The average molecular weight is 553 g/mol. The zero-order valence-corrected chi connectivity index (χ0v) is 22.2. The zero-order chi connectivity index (χ0) is 27.7. The highest BCUT2D eigenvalue weighted by molar-refractivity contribution is 6.34. The molecule has 1 heterocycles. The summed E-state index contributed by atoms with van der Waals surface area (Å²) in [6.45, 7) is 0.853. The van der Waals surface area contributed by atoms with Gasteiger partial charge in [0.05, 0.1) is 17.2 Å². The average Bonchev–Trinajstić information content (AvgIpc) is 2.86. The van der Waals surface area contributed by atoms with Crippen molar-refractivity contribution in [3.05, 3.63) is 64.7 Å². The molecule has 2 aromatic carbocycles. The van der Waals surface area contributed by atoms with Crippen molar-refractivity contribution < 1.29 is 32.6 Å². The number of halogens is 4. The third kappa shape index (κ3) is 5.50. The van der Waals surface area contributed by atoms with Crippen molar-refractivity contribution in [2.75, 3.05) is 33.8 Å². The number of amides is 2. The quantitative estimate of drug-likeness (QED) is 0.507. The van der Waals surface area contributed by atoms with Crippen LogP contribution < -0.4 is 4.74 Å². The van der Waals surface area contributed by atoms with E-state index in [9.17, 15) is 27.9 Å². The molecule has 2 amide bonds. The molecule has 6 nitrogen and oxygen atoms in total. The first-order chi connectivity index (χ1) is 17.9. The molecular formula is C28H32ClF3N2O4. The van der Waals surface area contributed by atoms with E-state index in [1.807, 2.05) is 0 Å². The maximum Gasteiger partial charge on any atom is 0.430 e. The van der Waals surface area contributed by atoms with Gasteiger partial charge in [0.1, 0.15) is 5.75 Å². The Hall–Kier alpha value is -2.78. The molecule has 2 aliphatic rings. The Kier molecular flexibility index (Phi) is 8.00. The van der Waals surface area contributed by atoms with Gasteiger partial charge in [-0.2, -0.15) is 13.2 Å². The van der Waals surface area contributed by atoms with Gasteiger partial charge in [0.15, 0.2) is 0 Å². The maximum absolute atomic E-state index is 13.9. The van der Waals surface area contributed by atoms with Crippen molar-refractivity contribution in [1.29, 1.82) is 0 Å². The van der Waals surface area contributed by atoms with Crippen LogP contribution in [0.4, 0.5) is 13.2 Å². The lowest BCUT2D eigenvalue weighted by molar-refractivity contribution is -0.262. The van der Waals surface area contributed by atoms with Crippen LogP contribution in [0, 0.1) is 11.3 Å². The van der Waals surface area contributed by atoms with Crippen LogP contribution in [0.25, 0.3) is 0 Å². The molecule has 38 heavy (non-hydrogen) atoms. The lowest BCUT2D eigenvalue weighted by Gasteiger charge is -2.53. The maximum atomic E-state index is 13.9. The molecule has 10 heteroatoms. The second-order valence-corrected chi connectivity index (χ2v) is 11.0. The number of benzene rings is 2. The molecule has 1 atom stereocenters. The van der Waals surface area contributed by atoms with Crippen molar-refractivity contribution in [3.8, 4) is 5.75 Å². The Labute approximate surface area is 225 Å². The summed E-state index contributed by atoms with van der Waals surface area (Å²) in [5.41, 5.74) is -3.60. The number of piperidine rings is 1. The lowest BCUT2D eigenvalue weighted by atomic mass is 9.57. The molecule has 1 N–H and O–H groups in total. The van der Waals surface area contributed by atoms with Crippen LogP contribution in [0.2, 0.25) is 5.02 Å². The van der Waals surface area contributed by atoms with Gasteiger partial charge in [-0.05, 0) is 61.6 Å². The van der Waals surface area contributed by atoms with Crippen LogP contribution >= 0.6 is 11.6 Å². The third-order valence-corrected chi connectivity index (χ3v) is 8.15. The number of hydrogen-bond acceptors (Lipinski definition) is 4. The predicted molar refractivity (Wildman–Crippen MR) is 137 cm³/mol. The fourth-order valence-electron chi connectivity index (χ4n) is 5.62. The largest absolute Gasteiger partial charge is 0.494 e. The van der Waals surface area contributed by atoms with Crippen molar-refractivity contribution in [2.24, 2.45) is 11.3 Å². The first-order valence-electron chi connectivity index (χ1n) is 12.6. The van der Waals surface area contributed by atoms with Crippen LogP contribution in [0.15, 0.2) is 48.5 Å². The van der Waals surface area contributed by atoms with Crippen LogP contribution in [-0.4, -0.2) is 66.7 Å². The molecule has 1 aliphatic heterocycles. The highest BCUT2D eigenvalue weighted by Crippen LogP contribution is 2.54. The zero-order valence-electron chi connectivity index (χ0n) is 21.4. The minimum Gasteiger partial charge on any atom is -0.494 e. The SMILES string of the molecule is CN(C)C(=O)c1ccc(OCCC2CC3(CCN(C(=O)C(O)(c4ccccc4)C(F)(F)F)CC3)C2)cc1Cl. The van der Waals surface area contributed by atoms with Gasteiger partial charge in [-0.3, -0.25) is 9.59 Å². The van der Waals surface area contributed by atoms with Gasteiger partial charge in [-0.15, -0.1) is 0 Å². The number of hydrogen-bond donors (Lipinski definition) is 1. The Morgan fingerprint density at radius 3 is 2.29 bits per heavy atom. The predicted octanol–water partition coefficient (Wildman–Crippen LogP) is 5.28. The first-order valence-corrected chi connectivity index (χ1v) is 13.0. The summed E-state index contributed by atoms with van der Waals surface area (Å²) in [5, 5.41) is 10.9. The molecule has 206 valence electrons. The van der Waals surface area contributed by atoms with E-state index in [0.29, 0.717) is 41.7 Å². The van der Waals surface area contributed by atoms with E-state index in [2.05, 4.69) is 0 Å². The molecule has 0 radical (unpaired) electrons. The smallest absolute Gasteiger partial charge is 0.430 e. The van der Waals surface area contributed by atoms with E-state index in [1.54, 1.807) is 32.3 Å². The van der Waals surface area contributed by atoms with Crippen LogP contribution in [0.5, 0.6) is 5.75 Å². The molecule has 1 saturated carbocycles. The third-order valence-electron chi connectivity index (χ3n) is 7.84. The molecular weight excluding hydrogens is 521 g/mol. The summed E-state index contributed by atoms with van der Waals surface area (Å²) in [6, 6.07) is 11.5. The molecule has 1 saturated heterocycles. The fraction of sp³-hybridized carbons (Fsp3) is 0.500. The Bertz CT molecular complexity index is 1160. The van der Waals surface area contributed by atoms with E-state index in [-0.39, 0.29) is 24.4 Å². The molecule has 1 spiro atoms. The van der Waals surface area contributed by atoms with Crippen molar-refractivity contribution >= 4 is 23.4 Å². The number of likely N-dealkylation sites (tertiary alicyclic amines) is 1. The number of aliphatic hydroxyl groups is 1. The van der Waals surface area contributed by atoms with Crippen molar-refractivity contribution in [3.63, 3.8) is 0 Å². The van der Waals surface area contributed by atoms with Crippen LogP contribution in [-0.2, 0) is 10.4 Å². The number of nitrogens with zero attached hydrogens (tertiary/aromatic N) is 2. The monoisotopic (exact) mass is 552 g/mol. The minimum atomic E-state index is -5.13. The molecule has 0 aromatic heterocycles. The standard InChI is InChI=1S/C28H32ClF3N2O4/c1-33(2)24(35)22-9-8-21(16-23(22)29)38-15-10-19-17-26(18-19)11-13-34(14-12-26)25(36)27(37,28(30,31)32)20-6-4-3-5-7-20/h3-9,16,19,37H,10-15,17-18H2,1-2H3. The van der Waals surface area contributed by atoms with E-state index >= 15 is 0 Å². The number of ether oxygens (including phenoxy) is 1. The summed E-state index contributed by atoms with van der Waals surface area (Å²) in [4.78, 5) is 27.7. The summed E-state index contributed by atoms with van der Waals surface area (Å²) in [7, 11) is 3.31. The van der Waals surface area contributed by atoms with Gasteiger partial charge < -0.3 is 19.6 Å². The number of alkyl halides is 3. The minimum absolute atomic E-state index is 0.0159. The first kappa shape index (κ1) is 28.2. The van der Waals surface area contributed by atoms with Gasteiger partial charge >= 0.3 is 6.18 Å². The Balaban J connectivity index is 1.26. The molecule has 1 aliphatic carbocycles. The van der Waals surface area contributed by atoms with E-state index in [1.165, 1.54) is 23.1 Å². The van der Waals surface area contributed by atoms with Crippen molar-refractivity contribution in [1.82, 2.24) is 9.80 Å².